The fraction of sp³-hybridized carbons (Fsp3) is 0.846. The molecule has 0 rings (SSSR count). The van der Waals surface area contributed by atoms with Crippen LogP contribution in [0, 0.1) is 5.41 Å². The second-order valence-corrected chi connectivity index (χ2v) is 5.90. The summed E-state index contributed by atoms with van der Waals surface area (Å²) in [6, 6.07) is 0. The number of ether oxygens (including phenoxy) is 1. The summed E-state index contributed by atoms with van der Waals surface area (Å²) in [4.78, 5) is 0. The van der Waals surface area contributed by atoms with E-state index in [-0.39, 0.29) is 11.0 Å². The van der Waals surface area contributed by atoms with Crippen LogP contribution in [0.15, 0.2) is 12.2 Å². The zero-order valence-corrected chi connectivity index (χ0v) is 10.8. The van der Waals surface area contributed by atoms with E-state index in [0.29, 0.717) is 6.10 Å². The molecule has 0 heterocycles. The Kier molecular flexibility index (Phi) is 4.87. The molecule has 0 saturated carbocycles. The van der Waals surface area contributed by atoms with E-state index >= 15 is 0 Å². The number of hydrogen-bond acceptors (Lipinski definition) is 1. The van der Waals surface area contributed by atoms with Crippen LogP contribution in [0.5, 0.6) is 0 Å². The van der Waals surface area contributed by atoms with Gasteiger partial charge >= 0.3 is 0 Å². The number of allylic oxidation sites excluding steroid dienone is 1. The van der Waals surface area contributed by atoms with Gasteiger partial charge in [-0.25, -0.2) is 0 Å². The first kappa shape index (κ1) is 13.7. The third-order valence-corrected chi connectivity index (χ3v) is 1.78. The standard InChI is InChI=1S/C13H26O/c1-11(2)14-13(6,7)10-8-9-12(3,4)5/h8-9,11H,10H2,1-7H3. The van der Waals surface area contributed by atoms with Gasteiger partial charge in [-0.1, -0.05) is 32.9 Å². The lowest BCUT2D eigenvalue weighted by atomic mass is 9.94. The van der Waals surface area contributed by atoms with Gasteiger partial charge in [-0.15, -0.1) is 0 Å². The van der Waals surface area contributed by atoms with Gasteiger partial charge in [-0.05, 0) is 39.5 Å². The maximum Gasteiger partial charge on any atom is 0.0664 e. The Labute approximate surface area is 89.5 Å². The quantitative estimate of drug-likeness (QED) is 0.616. The summed E-state index contributed by atoms with van der Waals surface area (Å²) in [5.74, 6) is 0. The van der Waals surface area contributed by atoms with Gasteiger partial charge in [0.15, 0.2) is 0 Å². The lowest BCUT2D eigenvalue weighted by Gasteiger charge is -2.27. The normalized spacial score (nSPS) is 14.3. The van der Waals surface area contributed by atoms with Crippen molar-refractivity contribution in [2.75, 3.05) is 0 Å². The molecule has 0 atom stereocenters. The summed E-state index contributed by atoms with van der Waals surface area (Å²) in [7, 11) is 0. The van der Waals surface area contributed by atoms with E-state index < -0.39 is 0 Å². The molecule has 0 bridgehead atoms. The van der Waals surface area contributed by atoms with Gasteiger partial charge in [0.1, 0.15) is 0 Å². The van der Waals surface area contributed by atoms with Crippen molar-refractivity contribution in [1.29, 1.82) is 0 Å². The second-order valence-electron chi connectivity index (χ2n) is 5.90. The monoisotopic (exact) mass is 198 g/mol. The van der Waals surface area contributed by atoms with E-state index in [4.69, 9.17) is 4.74 Å². The highest BCUT2D eigenvalue weighted by Gasteiger charge is 2.18. The molecule has 0 fully saturated rings. The van der Waals surface area contributed by atoms with E-state index in [9.17, 15) is 0 Å². The molecule has 0 saturated heterocycles. The molecule has 0 spiro atoms. The molecule has 0 aliphatic rings. The van der Waals surface area contributed by atoms with Crippen molar-refractivity contribution in [3.63, 3.8) is 0 Å². The molecule has 0 aromatic heterocycles. The van der Waals surface area contributed by atoms with E-state index in [1.807, 2.05) is 0 Å². The van der Waals surface area contributed by atoms with Gasteiger partial charge in [0.05, 0.1) is 11.7 Å². The predicted molar refractivity (Wildman–Crippen MR) is 63.5 cm³/mol. The summed E-state index contributed by atoms with van der Waals surface area (Å²) >= 11 is 0. The van der Waals surface area contributed by atoms with Crippen LogP contribution < -0.4 is 0 Å². The maximum atomic E-state index is 5.80. The summed E-state index contributed by atoms with van der Waals surface area (Å²) in [5.41, 5.74) is 0.226. The molecular formula is C13H26O. The summed E-state index contributed by atoms with van der Waals surface area (Å²) in [5, 5.41) is 0. The molecule has 1 nitrogen and oxygen atoms in total. The summed E-state index contributed by atoms with van der Waals surface area (Å²) in [6.07, 6.45) is 5.75. The van der Waals surface area contributed by atoms with Gasteiger partial charge in [0.2, 0.25) is 0 Å². The van der Waals surface area contributed by atoms with Gasteiger partial charge < -0.3 is 4.74 Å². The van der Waals surface area contributed by atoms with E-state index in [0.717, 1.165) is 6.42 Å². The molecule has 0 radical (unpaired) electrons. The Bertz CT molecular complexity index is 182. The van der Waals surface area contributed by atoms with Gasteiger partial charge in [0.25, 0.3) is 0 Å². The molecule has 0 aliphatic carbocycles. The molecule has 0 unspecified atom stereocenters. The van der Waals surface area contributed by atoms with Crippen molar-refractivity contribution in [3.8, 4) is 0 Å². The van der Waals surface area contributed by atoms with Gasteiger partial charge in [-0.2, -0.15) is 0 Å². The molecule has 0 N–H and O–H groups in total. The average molecular weight is 198 g/mol. The molecule has 0 aromatic rings. The molecule has 0 amide bonds. The van der Waals surface area contributed by atoms with E-state index in [1.54, 1.807) is 0 Å². The van der Waals surface area contributed by atoms with Crippen molar-refractivity contribution in [2.45, 2.75) is 66.6 Å². The van der Waals surface area contributed by atoms with E-state index in [1.165, 1.54) is 0 Å². The fourth-order valence-electron chi connectivity index (χ4n) is 1.38. The molecule has 14 heavy (non-hydrogen) atoms. The minimum atomic E-state index is -0.0457. The number of hydrogen-bond donors (Lipinski definition) is 0. The Hall–Kier alpha value is -0.300. The Morgan fingerprint density at radius 2 is 1.57 bits per heavy atom. The van der Waals surface area contributed by atoms with Crippen LogP contribution >= 0.6 is 0 Å². The van der Waals surface area contributed by atoms with Crippen LogP contribution in [0.1, 0.15) is 54.9 Å². The highest BCUT2D eigenvalue weighted by molar-refractivity contribution is 4.95. The molecule has 84 valence electrons. The zero-order valence-electron chi connectivity index (χ0n) is 10.8. The van der Waals surface area contributed by atoms with Crippen LogP contribution in [0.25, 0.3) is 0 Å². The Morgan fingerprint density at radius 3 is 1.93 bits per heavy atom. The van der Waals surface area contributed by atoms with Crippen LogP contribution in [-0.2, 0) is 4.74 Å². The Balaban J connectivity index is 4.05. The molecular weight excluding hydrogens is 172 g/mol. The highest BCUT2D eigenvalue weighted by atomic mass is 16.5. The van der Waals surface area contributed by atoms with Crippen molar-refractivity contribution < 1.29 is 4.74 Å². The summed E-state index contributed by atoms with van der Waals surface area (Å²) < 4.78 is 5.80. The third-order valence-electron chi connectivity index (χ3n) is 1.78. The third kappa shape index (κ3) is 8.31. The highest BCUT2D eigenvalue weighted by Crippen LogP contribution is 2.20. The van der Waals surface area contributed by atoms with Gasteiger partial charge in [-0.3, -0.25) is 0 Å². The largest absolute Gasteiger partial charge is 0.373 e. The average Bonchev–Trinajstić information content (AvgIpc) is 1.78. The van der Waals surface area contributed by atoms with Crippen LogP contribution in [0.3, 0.4) is 0 Å². The first-order chi connectivity index (χ1) is 6.12. The maximum absolute atomic E-state index is 5.80. The lowest BCUT2D eigenvalue weighted by molar-refractivity contribution is -0.0531. The smallest absolute Gasteiger partial charge is 0.0664 e. The lowest BCUT2D eigenvalue weighted by Crippen LogP contribution is -2.27. The van der Waals surface area contributed by atoms with Crippen molar-refractivity contribution in [1.82, 2.24) is 0 Å². The predicted octanol–water partition coefficient (Wildman–Crippen LogP) is 4.18. The fourth-order valence-corrected chi connectivity index (χ4v) is 1.38. The first-order valence-corrected chi connectivity index (χ1v) is 5.48. The van der Waals surface area contributed by atoms with E-state index in [2.05, 4.69) is 60.6 Å². The van der Waals surface area contributed by atoms with Crippen LogP contribution in [0.4, 0.5) is 0 Å². The topological polar surface area (TPSA) is 9.23 Å². The van der Waals surface area contributed by atoms with Crippen LogP contribution in [-0.4, -0.2) is 11.7 Å². The summed E-state index contributed by atoms with van der Waals surface area (Å²) in [6.45, 7) is 15.1. The minimum Gasteiger partial charge on any atom is -0.373 e. The van der Waals surface area contributed by atoms with Crippen LogP contribution in [0.2, 0.25) is 0 Å². The molecule has 1 heteroatoms. The minimum absolute atomic E-state index is 0.0457. The van der Waals surface area contributed by atoms with Crippen molar-refractivity contribution >= 4 is 0 Å². The molecule has 0 aliphatic heterocycles. The first-order valence-electron chi connectivity index (χ1n) is 5.48. The van der Waals surface area contributed by atoms with Crippen molar-refractivity contribution in [2.24, 2.45) is 5.41 Å². The van der Waals surface area contributed by atoms with Crippen molar-refractivity contribution in [3.05, 3.63) is 12.2 Å². The Morgan fingerprint density at radius 1 is 1.07 bits per heavy atom. The molecule has 0 aromatic carbocycles. The number of rotatable bonds is 4. The second kappa shape index (κ2) is 4.97. The van der Waals surface area contributed by atoms with Gasteiger partial charge in [0, 0.05) is 0 Å². The SMILES string of the molecule is CC(C)OC(C)(C)CC=CC(C)(C)C. The zero-order chi connectivity index (χ0) is 11.4.